The van der Waals surface area contributed by atoms with Crippen molar-refractivity contribution in [2.45, 2.75) is 46.6 Å². The Morgan fingerprint density at radius 2 is 2.14 bits per heavy atom. The Morgan fingerprint density at radius 1 is 1.36 bits per heavy atom. The van der Waals surface area contributed by atoms with E-state index < -0.39 is 0 Å². The monoisotopic (exact) mass is 298 g/mol. The minimum atomic E-state index is -0.0400. The van der Waals surface area contributed by atoms with Gasteiger partial charge in [0.05, 0.1) is 6.04 Å². The maximum atomic E-state index is 13.1. The van der Waals surface area contributed by atoms with Crippen LogP contribution < -0.4 is 0 Å². The number of aromatic nitrogens is 1. The molecule has 0 unspecified atom stereocenters. The van der Waals surface area contributed by atoms with E-state index in [2.05, 4.69) is 48.9 Å². The van der Waals surface area contributed by atoms with Crippen LogP contribution in [0.3, 0.4) is 0 Å². The summed E-state index contributed by atoms with van der Waals surface area (Å²) in [6.07, 6.45) is 2.48. The van der Waals surface area contributed by atoms with E-state index in [1.807, 2.05) is 6.92 Å². The Morgan fingerprint density at radius 3 is 2.86 bits per heavy atom. The highest BCUT2D eigenvalue weighted by atomic mass is 16.1. The number of likely N-dealkylation sites (tertiary alicyclic amines) is 1. The molecule has 2 aromatic rings. The molecule has 0 spiro atoms. The lowest BCUT2D eigenvalue weighted by Crippen LogP contribution is -2.44. The summed E-state index contributed by atoms with van der Waals surface area (Å²) in [6, 6.07) is 6.24. The molecule has 1 fully saturated rings. The number of aryl methyl sites for hydroxylation is 2. The highest BCUT2D eigenvalue weighted by molar-refractivity contribution is 6.11. The molecule has 1 aliphatic rings. The van der Waals surface area contributed by atoms with Gasteiger partial charge in [0.15, 0.2) is 5.78 Å². The standard InChI is InChI=1S/C19H26N2O/c1-12-7-8-16-17(10-12)20-14(3)18(16)19(22)15(4)21-9-5-6-13(2)11-21/h7-8,10,13,15,20H,5-6,9,11H2,1-4H3/t13-,15+/m0/s1. The largest absolute Gasteiger partial charge is 0.358 e. The molecule has 3 heteroatoms. The van der Waals surface area contributed by atoms with Crippen molar-refractivity contribution in [1.29, 1.82) is 0 Å². The molecular formula is C19H26N2O. The Labute approximate surface area is 132 Å². The van der Waals surface area contributed by atoms with E-state index in [0.29, 0.717) is 5.92 Å². The van der Waals surface area contributed by atoms with Crippen LogP contribution in [0.4, 0.5) is 0 Å². The molecule has 2 atom stereocenters. The van der Waals surface area contributed by atoms with Crippen molar-refractivity contribution in [1.82, 2.24) is 9.88 Å². The van der Waals surface area contributed by atoms with Gasteiger partial charge in [0.2, 0.25) is 0 Å². The number of benzene rings is 1. The lowest BCUT2D eigenvalue weighted by atomic mass is 9.95. The van der Waals surface area contributed by atoms with Gasteiger partial charge in [-0.25, -0.2) is 0 Å². The Balaban J connectivity index is 1.93. The second-order valence-electron chi connectivity index (χ2n) is 6.96. The summed E-state index contributed by atoms with van der Waals surface area (Å²) in [5, 5.41) is 1.06. The summed E-state index contributed by atoms with van der Waals surface area (Å²) in [6.45, 7) is 10.5. The van der Waals surface area contributed by atoms with Crippen LogP contribution in [0.5, 0.6) is 0 Å². The number of hydrogen-bond donors (Lipinski definition) is 1. The number of H-pyrrole nitrogens is 1. The zero-order valence-corrected chi connectivity index (χ0v) is 14.1. The first-order valence-corrected chi connectivity index (χ1v) is 8.34. The third-order valence-electron chi connectivity index (χ3n) is 5.00. The smallest absolute Gasteiger partial charge is 0.182 e. The van der Waals surface area contributed by atoms with Gasteiger partial charge in [0.25, 0.3) is 0 Å². The van der Waals surface area contributed by atoms with E-state index in [9.17, 15) is 4.79 Å². The van der Waals surface area contributed by atoms with Crippen LogP contribution in [0, 0.1) is 19.8 Å². The fraction of sp³-hybridized carbons (Fsp3) is 0.526. The number of hydrogen-bond acceptors (Lipinski definition) is 2. The number of Topliss-reactive ketones (excluding diaryl/α,β-unsaturated/α-hetero) is 1. The Bertz CT molecular complexity index is 701. The van der Waals surface area contributed by atoms with Gasteiger partial charge < -0.3 is 4.98 Å². The van der Waals surface area contributed by atoms with Gasteiger partial charge in [-0.15, -0.1) is 0 Å². The number of fused-ring (bicyclic) bond motifs is 1. The first kappa shape index (κ1) is 15.3. The number of carbonyl (C=O) groups excluding carboxylic acids is 1. The molecule has 0 saturated carbocycles. The summed E-state index contributed by atoms with van der Waals surface area (Å²) in [7, 11) is 0. The summed E-state index contributed by atoms with van der Waals surface area (Å²) >= 11 is 0. The number of aromatic amines is 1. The molecule has 0 radical (unpaired) electrons. The number of ketones is 1. The number of nitrogens with one attached hydrogen (secondary N) is 1. The second-order valence-corrected chi connectivity index (χ2v) is 6.96. The predicted octanol–water partition coefficient (Wildman–Crippen LogP) is 4.09. The first-order chi connectivity index (χ1) is 10.5. The molecule has 118 valence electrons. The van der Waals surface area contributed by atoms with Crippen molar-refractivity contribution < 1.29 is 4.79 Å². The minimum Gasteiger partial charge on any atom is -0.358 e. The third kappa shape index (κ3) is 2.70. The summed E-state index contributed by atoms with van der Waals surface area (Å²) in [5.41, 5.74) is 4.15. The summed E-state index contributed by atoms with van der Waals surface area (Å²) < 4.78 is 0. The predicted molar refractivity (Wildman–Crippen MR) is 91.5 cm³/mol. The maximum Gasteiger partial charge on any atom is 0.182 e. The van der Waals surface area contributed by atoms with Gasteiger partial charge in [-0.2, -0.15) is 0 Å². The number of nitrogens with zero attached hydrogens (tertiary/aromatic N) is 1. The molecule has 1 aromatic heterocycles. The molecule has 1 saturated heterocycles. The van der Waals surface area contributed by atoms with E-state index in [0.717, 1.165) is 35.2 Å². The molecular weight excluding hydrogens is 272 g/mol. The van der Waals surface area contributed by atoms with Crippen LogP contribution in [0.2, 0.25) is 0 Å². The quantitative estimate of drug-likeness (QED) is 0.866. The Hall–Kier alpha value is -1.61. The fourth-order valence-electron chi connectivity index (χ4n) is 3.72. The van der Waals surface area contributed by atoms with Crippen LogP contribution in [0.1, 0.15) is 48.3 Å². The van der Waals surface area contributed by atoms with Gasteiger partial charge in [-0.3, -0.25) is 9.69 Å². The molecule has 0 bridgehead atoms. The van der Waals surface area contributed by atoms with Crippen molar-refractivity contribution in [3.63, 3.8) is 0 Å². The average Bonchev–Trinajstić information content (AvgIpc) is 2.80. The molecule has 3 rings (SSSR count). The molecule has 1 aromatic carbocycles. The number of rotatable bonds is 3. The van der Waals surface area contributed by atoms with Gasteiger partial charge in [0.1, 0.15) is 0 Å². The normalized spacial score (nSPS) is 21.2. The van der Waals surface area contributed by atoms with Gasteiger partial charge in [0, 0.05) is 28.7 Å². The van der Waals surface area contributed by atoms with Gasteiger partial charge in [-0.05, 0) is 57.7 Å². The van der Waals surface area contributed by atoms with Gasteiger partial charge in [-0.1, -0.05) is 19.1 Å². The van der Waals surface area contributed by atoms with E-state index >= 15 is 0 Å². The maximum absolute atomic E-state index is 13.1. The lowest BCUT2D eigenvalue weighted by molar-refractivity contribution is 0.0766. The van der Waals surface area contributed by atoms with Crippen LogP contribution in [0.25, 0.3) is 10.9 Å². The molecule has 1 aliphatic heterocycles. The van der Waals surface area contributed by atoms with Crippen molar-refractivity contribution in [2.75, 3.05) is 13.1 Å². The molecule has 2 heterocycles. The van der Waals surface area contributed by atoms with Crippen molar-refractivity contribution in [2.24, 2.45) is 5.92 Å². The highest BCUT2D eigenvalue weighted by Gasteiger charge is 2.28. The number of piperidine rings is 1. The first-order valence-electron chi connectivity index (χ1n) is 8.34. The van der Waals surface area contributed by atoms with E-state index in [1.165, 1.54) is 18.4 Å². The zero-order chi connectivity index (χ0) is 15.9. The lowest BCUT2D eigenvalue weighted by Gasteiger charge is -2.34. The van der Waals surface area contributed by atoms with Gasteiger partial charge >= 0.3 is 0 Å². The van der Waals surface area contributed by atoms with Crippen molar-refractivity contribution >= 4 is 16.7 Å². The van der Waals surface area contributed by atoms with Crippen molar-refractivity contribution in [3.05, 3.63) is 35.0 Å². The fourth-order valence-corrected chi connectivity index (χ4v) is 3.72. The van der Waals surface area contributed by atoms with Crippen LogP contribution >= 0.6 is 0 Å². The minimum absolute atomic E-state index is 0.0400. The zero-order valence-electron chi connectivity index (χ0n) is 14.1. The highest BCUT2D eigenvalue weighted by Crippen LogP contribution is 2.27. The molecule has 3 nitrogen and oxygen atoms in total. The van der Waals surface area contributed by atoms with E-state index in [1.54, 1.807) is 0 Å². The molecule has 0 amide bonds. The molecule has 22 heavy (non-hydrogen) atoms. The summed E-state index contributed by atoms with van der Waals surface area (Å²) in [4.78, 5) is 18.8. The third-order valence-corrected chi connectivity index (χ3v) is 5.00. The summed E-state index contributed by atoms with van der Waals surface area (Å²) in [5.74, 6) is 0.942. The average molecular weight is 298 g/mol. The van der Waals surface area contributed by atoms with Crippen molar-refractivity contribution in [3.8, 4) is 0 Å². The van der Waals surface area contributed by atoms with Crippen LogP contribution in [-0.2, 0) is 0 Å². The SMILES string of the molecule is Cc1ccc2c(C(=O)[C@@H](C)N3CCC[C@H](C)C3)c(C)[nH]c2c1. The van der Waals surface area contributed by atoms with E-state index in [4.69, 9.17) is 0 Å². The Kier molecular flexibility index (Phi) is 4.09. The second kappa shape index (κ2) is 5.88. The van der Waals surface area contributed by atoms with E-state index in [-0.39, 0.29) is 11.8 Å². The number of carbonyl (C=O) groups is 1. The van der Waals surface area contributed by atoms with Crippen LogP contribution in [-0.4, -0.2) is 34.8 Å². The van der Waals surface area contributed by atoms with Crippen LogP contribution in [0.15, 0.2) is 18.2 Å². The topological polar surface area (TPSA) is 36.1 Å². The molecule has 0 aliphatic carbocycles. The molecule has 1 N–H and O–H groups in total.